The van der Waals surface area contributed by atoms with E-state index in [1.54, 1.807) is 75.4 Å². The van der Waals surface area contributed by atoms with Crippen molar-refractivity contribution in [3.8, 4) is 29.1 Å². The van der Waals surface area contributed by atoms with Crippen LogP contribution in [0.25, 0.3) is 6.08 Å². The van der Waals surface area contributed by atoms with Crippen LogP contribution < -0.4 is 33.8 Å². The van der Waals surface area contributed by atoms with Gasteiger partial charge in [0.1, 0.15) is 6.61 Å². The Balaban J connectivity index is 1.65. The van der Waals surface area contributed by atoms with E-state index in [0.29, 0.717) is 53.4 Å². The van der Waals surface area contributed by atoms with E-state index in [4.69, 9.17) is 33.7 Å². The van der Waals surface area contributed by atoms with Gasteiger partial charge in [0, 0.05) is 10.0 Å². The third kappa shape index (κ3) is 8.16. The third-order valence-corrected chi connectivity index (χ3v) is 9.14. The van der Waals surface area contributed by atoms with E-state index in [9.17, 15) is 14.4 Å². The highest BCUT2D eigenvalue weighted by Crippen LogP contribution is 2.38. The molecule has 0 fully saturated rings. The highest BCUT2D eigenvalue weighted by molar-refractivity contribution is 9.10. The summed E-state index contributed by atoms with van der Waals surface area (Å²) in [4.78, 5) is 44.7. The Labute approximate surface area is 305 Å². The summed E-state index contributed by atoms with van der Waals surface area (Å²) in [6.07, 6.45) is 1.70. The summed E-state index contributed by atoms with van der Waals surface area (Å²) in [6.45, 7) is 5.44. The molecule has 0 spiro atoms. The predicted molar refractivity (Wildman–Crippen MR) is 192 cm³/mol. The van der Waals surface area contributed by atoms with Gasteiger partial charge in [0.05, 0.1) is 60.9 Å². The number of allylic oxidation sites excluding steroid dienone is 1. The van der Waals surface area contributed by atoms with E-state index >= 15 is 0 Å². The maximum atomic E-state index is 14.4. The van der Waals surface area contributed by atoms with E-state index in [2.05, 4.69) is 27.0 Å². The molecule has 4 aromatic rings. The summed E-state index contributed by atoms with van der Waals surface area (Å²) in [6, 6.07) is 16.8. The first kappa shape index (κ1) is 36.9. The van der Waals surface area contributed by atoms with Gasteiger partial charge in [-0.1, -0.05) is 45.5 Å². The molecule has 0 saturated carbocycles. The van der Waals surface area contributed by atoms with Crippen LogP contribution in [0.3, 0.4) is 0 Å². The van der Waals surface area contributed by atoms with Crippen LogP contribution in [-0.2, 0) is 25.7 Å². The fourth-order valence-electron chi connectivity index (χ4n) is 5.36. The van der Waals surface area contributed by atoms with Gasteiger partial charge in [0.25, 0.3) is 5.56 Å². The average molecular weight is 777 g/mol. The van der Waals surface area contributed by atoms with Gasteiger partial charge in [-0.2, -0.15) is 5.26 Å². The standard InChI is InChI=1S/C37H34BrN3O9S/c1-6-47-28-15-24(12-13-27(28)49-20-31(42)46-5)33-32(36(44)48-7-2)21(3)40-37-41(33)35(43)30(51-37)16-25-14-26(38)17-29(45-4)34(25)50-19-23-10-8-22(18-39)9-11-23/h8-17,33H,6-7,19-20H2,1-5H3/b30-16+/t33-/m0/s1. The number of carbonyl (C=O) groups is 2. The summed E-state index contributed by atoms with van der Waals surface area (Å²) < 4.78 is 36.0. The van der Waals surface area contributed by atoms with Gasteiger partial charge in [-0.15, -0.1) is 0 Å². The number of benzene rings is 3. The maximum absolute atomic E-state index is 14.4. The van der Waals surface area contributed by atoms with Crippen molar-refractivity contribution in [3.05, 3.63) is 112 Å². The van der Waals surface area contributed by atoms with Gasteiger partial charge in [0.15, 0.2) is 34.4 Å². The molecular weight excluding hydrogens is 742 g/mol. The molecule has 0 unspecified atom stereocenters. The maximum Gasteiger partial charge on any atom is 0.343 e. The zero-order valence-corrected chi connectivity index (χ0v) is 30.9. The molecule has 5 rings (SSSR count). The van der Waals surface area contributed by atoms with E-state index < -0.39 is 23.5 Å². The molecule has 0 saturated heterocycles. The zero-order chi connectivity index (χ0) is 36.7. The molecule has 0 amide bonds. The number of hydrogen-bond acceptors (Lipinski definition) is 12. The van der Waals surface area contributed by atoms with E-state index in [1.165, 1.54) is 18.8 Å². The number of carbonyl (C=O) groups excluding carboxylic acids is 2. The van der Waals surface area contributed by atoms with Crippen LogP contribution in [0, 0.1) is 11.3 Å². The topological polar surface area (TPSA) is 148 Å². The summed E-state index contributed by atoms with van der Waals surface area (Å²) >= 11 is 4.69. The average Bonchev–Trinajstić information content (AvgIpc) is 3.43. The van der Waals surface area contributed by atoms with Crippen molar-refractivity contribution in [2.75, 3.05) is 34.0 Å². The number of aromatic nitrogens is 1. The number of halogens is 1. The zero-order valence-electron chi connectivity index (χ0n) is 28.5. The van der Waals surface area contributed by atoms with Crippen LogP contribution >= 0.6 is 27.3 Å². The van der Waals surface area contributed by atoms with Gasteiger partial charge >= 0.3 is 11.9 Å². The minimum Gasteiger partial charge on any atom is -0.493 e. The van der Waals surface area contributed by atoms with Crippen LogP contribution in [0.1, 0.15) is 49.1 Å². The summed E-state index contributed by atoms with van der Waals surface area (Å²) in [5.41, 5.74) is 2.64. The summed E-state index contributed by atoms with van der Waals surface area (Å²) in [5.74, 6) is 0.256. The molecule has 0 radical (unpaired) electrons. The van der Waals surface area contributed by atoms with Gasteiger partial charge in [-0.3, -0.25) is 9.36 Å². The molecule has 12 nitrogen and oxygen atoms in total. The minimum atomic E-state index is -0.930. The first-order chi connectivity index (χ1) is 24.6. The number of nitriles is 1. The molecule has 264 valence electrons. The minimum absolute atomic E-state index is 0.118. The van der Waals surface area contributed by atoms with Gasteiger partial charge in [-0.05, 0) is 74.4 Å². The Morgan fingerprint density at radius 2 is 1.76 bits per heavy atom. The Kier molecular flexibility index (Phi) is 12.0. The van der Waals surface area contributed by atoms with Crippen LogP contribution in [-0.4, -0.2) is 50.5 Å². The quantitative estimate of drug-likeness (QED) is 0.171. The molecule has 3 aromatic carbocycles. The number of thiazole rings is 1. The fourth-order valence-corrected chi connectivity index (χ4v) is 6.85. The summed E-state index contributed by atoms with van der Waals surface area (Å²) in [7, 11) is 2.79. The predicted octanol–water partition coefficient (Wildman–Crippen LogP) is 4.97. The number of fused-ring (bicyclic) bond motifs is 1. The highest BCUT2D eigenvalue weighted by Gasteiger charge is 2.34. The number of rotatable bonds is 13. The molecule has 2 heterocycles. The van der Waals surface area contributed by atoms with Crippen molar-refractivity contribution in [2.24, 2.45) is 4.99 Å². The number of ether oxygens (including phenoxy) is 6. The molecule has 1 aromatic heterocycles. The van der Waals surface area contributed by atoms with Gasteiger partial charge in [0.2, 0.25) is 0 Å². The smallest absolute Gasteiger partial charge is 0.343 e. The Morgan fingerprint density at radius 3 is 2.43 bits per heavy atom. The SMILES string of the molecule is CCOC(=O)C1=C(C)N=c2s/c(=C/c3cc(Br)cc(OC)c3OCc3ccc(C#N)cc3)c(=O)n2[C@H]1c1ccc(OCC(=O)OC)c(OCC)c1. The van der Waals surface area contributed by atoms with Crippen molar-refractivity contribution >= 4 is 45.3 Å². The fraction of sp³-hybridized carbons (Fsp3) is 0.270. The van der Waals surface area contributed by atoms with Crippen molar-refractivity contribution < 1.29 is 38.0 Å². The van der Waals surface area contributed by atoms with Crippen molar-refractivity contribution in [1.29, 1.82) is 5.26 Å². The van der Waals surface area contributed by atoms with Crippen LogP contribution in [0.5, 0.6) is 23.0 Å². The Bertz CT molecular complexity index is 2220. The summed E-state index contributed by atoms with van der Waals surface area (Å²) in [5, 5.41) is 9.15. The second-order valence-electron chi connectivity index (χ2n) is 10.9. The Hall–Kier alpha value is -5.39. The number of nitrogens with zero attached hydrogens (tertiary/aromatic N) is 3. The monoisotopic (exact) mass is 775 g/mol. The van der Waals surface area contributed by atoms with Crippen LogP contribution in [0.15, 0.2) is 80.1 Å². The van der Waals surface area contributed by atoms with Gasteiger partial charge < -0.3 is 28.4 Å². The lowest BCUT2D eigenvalue weighted by atomic mass is 9.95. The molecule has 1 aliphatic heterocycles. The first-order valence-corrected chi connectivity index (χ1v) is 17.4. The normalized spacial score (nSPS) is 13.8. The Morgan fingerprint density at radius 1 is 1.00 bits per heavy atom. The number of hydrogen-bond donors (Lipinski definition) is 0. The molecular formula is C37H34BrN3O9S. The molecule has 14 heteroatoms. The second-order valence-corrected chi connectivity index (χ2v) is 12.9. The number of esters is 2. The second kappa shape index (κ2) is 16.5. The van der Waals surface area contributed by atoms with Crippen molar-refractivity contribution in [2.45, 2.75) is 33.4 Å². The van der Waals surface area contributed by atoms with E-state index in [0.717, 1.165) is 16.9 Å². The van der Waals surface area contributed by atoms with Crippen LogP contribution in [0.4, 0.5) is 0 Å². The van der Waals surface area contributed by atoms with Crippen molar-refractivity contribution in [3.63, 3.8) is 0 Å². The lowest BCUT2D eigenvalue weighted by Gasteiger charge is -2.25. The van der Waals surface area contributed by atoms with Crippen molar-refractivity contribution in [1.82, 2.24) is 4.57 Å². The largest absolute Gasteiger partial charge is 0.493 e. The number of methoxy groups -OCH3 is 2. The highest BCUT2D eigenvalue weighted by atomic mass is 79.9. The van der Waals surface area contributed by atoms with Gasteiger partial charge in [-0.25, -0.2) is 14.6 Å². The molecule has 0 aliphatic carbocycles. The molecule has 51 heavy (non-hydrogen) atoms. The lowest BCUT2D eigenvalue weighted by molar-refractivity contribution is -0.143. The third-order valence-electron chi connectivity index (χ3n) is 7.69. The molecule has 1 aliphatic rings. The molecule has 0 N–H and O–H groups in total. The molecule has 0 bridgehead atoms. The first-order valence-electron chi connectivity index (χ1n) is 15.8. The van der Waals surface area contributed by atoms with Crippen LogP contribution in [0.2, 0.25) is 0 Å². The molecule has 1 atom stereocenters. The lowest BCUT2D eigenvalue weighted by Crippen LogP contribution is -2.40. The van der Waals surface area contributed by atoms with E-state index in [1.807, 2.05) is 6.07 Å². The van der Waals surface area contributed by atoms with E-state index in [-0.39, 0.29) is 37.8 Å².